The molecule has 1 fully saturated rings. The maximum atomic E-state index is 12.9. The van der Waals surface area contributed by atoms with Gasteiger partial charge in [0, 0.05) is 13.1 Å². The number of anilines is 1. The summed E-state index contributed by atoms with van der Waals surface area (Å²) in [6, 6.07) is 4.87. The highest BCUT2D eigenvalue weighted by Gasteiger charge is 2.50. The quantitative estimate of drug-likeness (QED) is 0.792. The molecule has 1 aromatic rings. The van der Waals surface area contributed by atoms with Crippen molar-refractivity contribution in [2.45, 2.75) is 31.9 Å². The van der Waals surface area contributed by atoms with Crippen LogP contribution in [0.1, 0.15) is 18.9 Å². The van der Waals surface area contributed by atoms with E-state index in [2.05, 4.69) is 5.32 Å². The summed E-state index contributed by atoms with van der Waals surface area (Å²) < 4.78 is 29.0. The molecule has 0 spiro atoms. The molecule has 0 bridgehead atoms. The van der Waals surface area contributed by atoms with Gasteiger partial charge >= 0.3 is 0 Å². The monoisotopic (exact) mass is 352 g/mol. The van der Waals surface area contributed by atoms with Crippen LogP contribution >= 0.6 is 0 Å². The Morgan fingerprint density at radius 2 is 2.12 bits per heavy atom. The van der Waals surface area contributed by atoms with Crippen LogP contribution in [0.3, 0.4) is 0 Å². The predicted octanol–water partition coefficient (Wildman–Crippen LogP) is 0.730. The number of nitrogens with one attached hydrogen (secondary N) is 1. The number of carbonyl (C=O) groups excluding carboxylic acids is 2. The Morgan fingerprint density at radius 3 is 2.75 bits per heavy atom. The smallest absolute Gasteiger partial charge is 0.278 e. The van der Waals surface area contributed by atoms with Crippen molar-refractivity contribution in [3.05, 3.63) is 23.8 Å². The van der Waals surface area contributed by atoms with E-state index in [4.69, 9.17) is 4.74 Å². The molecule has 24 heavy (non-hydrogen) atoms. The lowest BCUT2D eigenvalue weighted by molar-refractivity contribution is -0.154. The van der Waals surface area contributed by atoms with Crippen molar-refractivity contribution in [1.82, 2.24) is 4.90 Å². The second-order valence-corrected chi connectivity index (χ2v) is 8.79. The van der Waals surface area contributed by atoms with Crippen LogP contribution in [-0.4, -0.2) is 55.3 Å². The van der Waals surface area contributed by atoms with Crippen molar-refractivity contribution in [3.63, 3.8) is 0 Å². The van der Waals surface area contributed by atoms with Crippen LogP contribution in [0.15, 0.2) is 18.2 Å². The second-order valence-electron chi connectivity index (χ2n) is 6.56. The van der Waals surface area contributed by atoms with E-state index in [1.54, 1.807) is 12.1 Å². The average Bonchev–Trinajstić information content (AvgIpc) is 2.87. The summed E-state index contributed by atoms with van der Waals surface area (Å²) in [7, 11) is -1.61. The van der Waals surface area contributed by atoms with Gasteiger partial charge in [0.2, 0.25) is 0 Å². The third kappa shape index (κ3) is 2.75. The summed E-state index contributed by atoms with van der Waals surface area (Å²) in [5.74, 6) is -0.709. The highest BCUT2D eigenvalue weighted by atomic mass is 32.2. The van der Waals surface area contributed by atoms with Gasteiger partial charge in [0.05, 0.1) is 17.2 Å². The third-order valence-electron chi connectivity index (χ3n) is 4.62. The number of carbonyl (C=O) groups is 2. The minimum absolute atomic E-state index is 0.0567. The van der Waals surface area contributed by atoms with E-state index in [0.717, 1.165) is 5.56 Å². The SMILES string of the molecule is Cc1ccc2c(c1)NC(=O)C(C)(C(=O)N(C)C1CCS(=O)(=O)C1)O2. The van der Waals surface area contributed by atoms with Gasteiger partial charge in [-0.1, -0.05) is 6.07 Å². The fourth-order valence-corrected chi connectivity index (χ4v) is 4.84. The van der Waals surface area contributed by atoms with Crippen molar-refractivity contribution in [2.24, 2.45) is 0 Å². The first-order chi connectivity index (χ1) is 11.1. The molecule has 8 heteroatoms. The molecular weight excluding hydrogens is 332 g/mol. The lowest BCUT2D eigenvalue weighted by Gasteiger charge is -2.37. The Kier molecular flexibility index (Phi) is 3.82. The van der Waals surface area contributed by atoms with Crippen molar-refractivity contribution >= 4 is 27.3 Å². The Balaban J connectivity index is 1.86. The topological polar surface area (TPSA) is 92.8 Å². The van der Waals surface area contributed by atoms with Crippen LogP contribution in [0.5, 0.6) is 5.75 Å². The summed E-state index contributed by atoms with van der Waals surface area (Å²) in [6.07, 6.45) is 0.373. The highest BCUT2D eigenvalue weighted by molar-refractivity contribution is 7.91. The Bertz CT molecular complexity index is 820. The number of rotatable bonds is 2. The number of fused-ring (bicyclic) bond motifs is 1. The molecule has 3 rings (SSSR count). The molecule has 2 amide bonds. The van der Waals surface area contributed by atoms with Crippen LogP contribution in [0.2, 0.25) is 0 Å². The fourth-order valence-electron chi connectivity index (χ4n) is 3.06. The summed E-state index contributed by atoms with van der Waals surface area (Å²) in [4.78, 5) is 26.6. The van der Waals surface area contributed by atoms with Gasteiger partial charge in [-0.2, -0.15) is 0 Å². The molecule has 130 valence electrons. The molecule has 7 nitrogen and oxygen atoms in total. The van der Waals surface area contributed by atoms with Crippen molar-refractivity contribution in [1.29, 1.82) is 0 Å². The van der Waals surface area contributed by atoms with Gasteiger partial charge in [-0.3, -0.25) is 9.59 Å². The molecule has 0 aromatic heterocycles. The maximum Gasteiger partial charge on any atom is 0.278 e. The van der Waals surface area contributed by atoms with Crippen LogP contribution < -0.4 is 10.1 Å². The number of hydrogen-bond donors (Lipinski definition) is 1. The van der Waals surface area contributed by atoms with Crippen LogP contribution in [0, 0.1) is 6.92 Å². The van der Waals surface area contributed by atoms with E-state index < -0.39 is 33.3 Å². The number of likely N-dealkylation sites (N-methyl/N-ethyl adjacent to an activating group) is 1. The van der Waals surface area contributed by atoms with E-state index in [1.807, 2.05) is 13.0 Å². The van der Waals surface area contributed by atoms with E-state index in [-0.39, 0.29) is 11.5 Å². The van der Waals surface area contributed by atoms with Gasteiger partial charge in [-0.25, -0.2) is 8.42 Å². The second kappa shape index (κ2) is 5.47. The molecule has 1 saturated heterocycles. The first-order valence-electron chi connectivity index (χ1n) is 7.71. The highest BCUT2D eigenvalue weighted by Crippen LogP contribution is 2.35. The molecule has 0 saturated carbocycles. The largest absolute Gasteiger partial charge is 0.466 e. The zero-order valence-corrected chi connectivity index (χ0v) is 14.6. The molecule has 2 aliphatic rings. The standard InChI is InChI=1S/C16H20N2O5S/c1-10-4-5-13-12(8-10)17-14(19)16(2,23-13)15(20)18(3)11-6-7-24(21,22)9-11/h4-5,8,11H,6-7,9H2,1-3H3,(H,17,19). The molecule has 1 aromatic carbocycles. The number of hydrogen-bond acceptors (Lipinski definition) is 5. The molecule has 1 N–H and O–H groups in total. The van der Waals surface area contributed by atoms with Crippen molar-refractivity contribution in [3.8, 4) is 5.75 Å². The molecular formula is C16H20N2O5S. The molecule has 2 heterocycles. The Hall–Kier alpha value is -2.09. The number of ether oxygens (including phenoxy) is 1. The summed E-state index contributed by atoms with van der Waals surface area (Å²) >= 11 is 0. The first-order valence-corrected chi connectivity index (χ1v) is 9.53. The Morgan fingerprint density at radius 1 is 1.42 bits per heavy atom. The zero-order valence-electron chi connectivity index (χ0n) is 13.8. The minimum atomic E-state index is -3.13. The van der Waals surface area contributed by atoms with Gasteiger partial charge in [0.15, 0.2) is 9.84 Å². The van der Waals surface area contributed by atoms with E-state index in [9.17, 15) is 18.0 Å². The summed E-state index contributed by atoms with van der Waals surface area (Å²) in [5.41, 5.74) is -0.235. The van der Waals surface area contributed by atoms with Crippen LogP contribution in [-0.2, 0) is 19.4 Å². The zero-order chi connectivity index (χ0) is 17.7. The first kappa shape index (κ1) is 16.8. The van der Waals surface area contributed by atoms with Crippen LogP contribution in [0.25, 0.3) is 0 Å². The lowest BCUT2D eigenvalue weighted by Crippen LogP contribution is -2.60. The Labute approximate surface area is 140 Å². The molecule has 0 radical (unpaired) electrons. The number of sulfone groups is 1. The molecule has 2 unspecified atom stereocenters. The van der Waals surface area contributed by atoms with E-state index >= 15 is 0 Å². The van der Waals surface area contributed by atoms with Crippen molar-refractivity contribution in [2.75, 3.05) is 23.9 Å². The average molecular weight is 352 g/mol. The fraction of sp³-hybridized carbons (Fsp3) is 0.500. The normalized spacial score (nSPS) is 27.8. The summed E-state index contributed by atoms with van der Waals surface area (Å²) in [5, 5.41) is 2.70. The number of nitrogens with zero attached hydrogens (tertiary/aromatic N) is 1. The van der Waals surface area contributed by atoms with Gasteiger partial charge in [-0.05, 0) is 38.0 Å². The molecule has 2 aliphatic heterocycles. The van der Waals surface area contributed by atoms with Crippen LogP contribution in [0.4, 0.5) is 5.69 Å². The molecule has 0 aliphatic carbocycles. The lowest BCUT2D eigenvalue weighted by atomic mass is 9.99. The van der Waals surface area contributed by atoms with Crippen molar-refractivity contribution < 1.29 is 22.7 Å². The maximum absolute atomic E-state index is 12.9. The number of aryl methyl sites for hydroxylation is 1. The third-order valence-corrected chi connectivity index (χ3v) is 6.37. The molecule has 2 atom stereocenters. The van der Waals surface area contributed by atoms with Gasteiger partial charge in [0.1, 0.15) is 5.75 Å². The van der Waals surface area contributed by atoms with E-state index in [0.29, 0.717) is 17.9 Å². The van der Waals surface area contributed by atoms with Gasteiger partial charge in [-0.15, -0.1) is 0 Å². The number of amides is 2. The number of benzene rings is 1. The van der Waals surface area contributed by atoms with Gasteiger partial charge < -0.3 is 15.0 Å². The van der Waals surface area contributed by atoms with Gasteiger partial charge in [0.25, 0.3) is 17.4 Å². The predicted molar refractivity (Wildman–Crippen MR) is 88.7 cm³/mol. The summed E-state index contributed by atoms with van der Waals surface area (Å²) in [6.45, 7) is 3.30. The van der Waals surface area contributed by atoms with E-state index in [1.165, 1.54) is 18.9 Å². The minimum Gasteiger partial charge on any atom is -0.466 e.